The summed E-state index contributed by atoms with van der Waals surface area (Å²) in [6.07, 6.45) is 1.98. The molecule has 0 saturated carbocycles. The Bertz CT molecular complexity index is 334. The van der Waals surface area contributed by atoms with Gasteiger partial charge in [0, 0.05) is 17.9 Å². The molecule has 0 amide bonds. The first-order chi connectivity index (χ1) is 7.61. The fourth-order valence-electron chi connectivity index (χ4n) is 1.44. The van der Waals surface area contributed by atoms with E-state index in [0.717, 1.165) is 12.0 Å². The summed E-state index contributed by atoms with van der Waals surface area (Å²) in [5, 5.41) is 0.702. The molecule has 0 aromatic heterocycles. The van der Waals surface area contributed by atoms with Crippen molar-refractivity contribution in [2.45, 2.75) is 26.2 Å². The summed E-state index contributed by atoms with van der Waals surface area (Å²) in [6.45, 7) is 2.71. The second-order valence-corrected chi connectivity index (χ2v) is 4.66. The van der Waals surface area contributed by atoms with Crippen molar-refractivity contribution in [3.8, 4) is 0 Å². The van der Waals surface area contributed by atoms with Crippen molar-refractivity contribution in [3.05, 3.63) is 34.9 Å². The highest BCUT2D eigenvalue weighted by molar-refractivity contribution is 6.30. The van der Waals surface area contributed by atoms with Crippen LogP contribution in [0.2, 0.25) is 5.02 Å². The number of halogens is 1. The van der Waals surface area contributed by atoms with Gasteiger partial charge in [0.1, 0.15) is 5.78 Å². The number of Topliss-reactive ketones (excluding diaryl/α,β-unsaturated/α-hetero) is 1. The lowest BCUT2D eigenvalue weighted by atomic mass is 10.0. The lowest BCUT2D eigenvalue weighted by Crippen LogP contribution is -2.13. The van der Waals surface area contributed by atoms with E-state index in [0.29, 0.717) is 30.3 Å². The highest BCUT2D eigenvalue weighted by Crippen LogP contribution is 2.12. The van der Waals surface area contributed by atoms with Crippen LogP contribution in [-0.4, -0.2) is 12.3 Å². The van der Waals surface area contributed by atoms with E-state index < -0.39 is 0 Å². The number of hydrogen-bond acceptors (Lipinski definition) is 2. The molecule has 0 aliphatic heterocycles. The van der Waals surface area contributed by atoms with E-state index >= 15 is 0 Å². The van der Waals surface area contributed by atoms with Gasteiger partial charge in [0.15, 0.2) is 0 Å². The third-order valence-electron chi connectivity index (χ3n) is 2.63. The smallest absolute Gasteiger partial charge is 0.137 e. The highest BCUT2D eigenvalue weighted by Gasteiger charge is 2.06. The van der Waals surface area contributed by atoms with E-state index in [9.17, 15) is 4.79 Å². The summed E-state index contributed by atoms with van der Waals surface area (Å²) in [7, 11) is 0. The first-order valence-electron chi connectivity index (χ1n) is 5.58. The molecule has 0 radical (unpaired) electrons. The molecular weight excluding hydrogens is 222 g/mol. The monoisotopic (exact) mass is 239 g/mol. The lowest BCUT2D eigenvalue weighted by Gasteiger charge is -2.07. The molecule has 2 nitrogen and oxygen atoms in total. The number of rotatable bonds is 6. The number of carbonyl (C=O) groups excluding carboxylic acids is 1. The van der Waals surface area contributed by atoms with Crippen molar-refractivity contribution < 1.29 is 4.79 Å². The van der Waals surface area contributed by atoms with Gasteiger partial charge in [-0.25, -0.2) is 0 Å². The van der Waals surface area contributed by atoms with Crippen molar-refractivity contribution >= 4 is 17.4 Å². The summed E-state index contributed by atoms with van der Waals surface area (Å²) < 4.78 is 0. The Balaban J connectivity index is 2.37. The molecule has 1 unspecified atom stereocenters. The molecule has 0 spiro atoms. The summed E-state index contributed by atoms with van der Waals surface area (Å²) in [5.41, 5.74) is 6.52. The second-order valence-electron chi connectivity index (χ2n) is 4.22. The predicted octanol–water partition coefficient (Wildman–Crippen LogP) is 2.83. The average Bonchev–Trinajstić information content (AvgIpc) is 2.29. The van der Waals surface area contributed by atoms with Crippen LogP contribution in [0.3, 0.4) is 0 Å². The Morgan fingerprint density at radius 3 is 2.56 bits per heavy atom. The molecule has 0 fully saturated rings. The molecule has 88 valence electrons. The maximum absolute atomic E-state index is 11.6. The Kier molecular flexibility index (Phi) is 5.50. The molecule has 16 heavy (non-hydrogen) atoms. The van der Waals surface area contributed by atoms with Crippen molar-refractivity contribution in [2.75, 3.05) is 6.54 Å². The molecular formula is C13H18ClNO. The Labute approximate surface area is 102 Å². The third-order valence-corrected chi connectivity index (χ3v) is 2.88. The van der Waals surface area contributed by atoms with Gasteiger partial charge in [0.05, 0.1) is 0 Å². The van der Waals surface area contributed by atoms with Gasteiger partial charge in [-0.15, -0.1) is 0 Å². The fourth-order valence-corrected chi connectivity index (χ4v) is 1.57. The number of benzene rings is 1. The fraction of sp³-hybridized carbons (Fsp3) is 0.462. The van der Waals surface area contributed by atoms with Crippen LogP contribution in [-0.2, 0) is 11.2 Å². The predicted molar refractivity (Wildman–Crippen MR) is 67.6 cm³/mol. The van der Waals surface area contributed by atoms with E-state index in [1.54, 1.807) is 0 Å². The van der Waals surface area contributed by atoms with E-state index in [1.807, 2.05) is 24.3 Å². The van der Waals surface area contributed by atoms with Crippen molar-refractivity contribution in [1.29, 1.82) is 0 Å². The van der Waals surface area contributed by atoms with Crippen LogP contribution in [0, 0.1) is 5.92 Å². The van der Waals surface area contributed by atoms with Crippen molar-refractivity contribution in [1.82, 2.24) is 0 Å². The normalized spacial score (nSPS) is 12.4. The minimum Gasteiger partial charge on any atom is -0.330 e. The Hall–Kier alpha value is -0.860. The maximum atomic E-state index is 11.6. The zero-order valence-corrected chi connectivity index (χ0v) is 10.3. The Morgan fingerprint density at radius 1 is 1.38 bits per heavy atom. The number of ketones is 1. The molecule has 0 aliphatic rings. The molecule has 2 N–H and O–H groups in total. The van der Waals surface area contributed by atoms with Gasteiger partial charge >= 0.3 is 0 Å². The topological polar surface area (TPSA) is 43.1 Å². The first kappa shape index (κ1) is 13.2. The van der Waals surface area contributed by atoms with Crippen molar-refractivity contribution in [2.24, 2.45) is 11.7 Å². The van der Waals surface area contributed by atoms with Crippen LogP contribution < -0.4 is 5.73 Å². The minimum atomic E-state index is 0.266. The average molecular weight is 240 g/mol. The van der Waals surface area contributed by atoms with E-state index in [4.69, 9.17) is 17.3 Å². The zero-order valence-electron chi connectivity index (χ0n) is 9.58. The molecule has 1 rings (SSSR count). The Morgan fingerprint density at radius 2 is 2.00 bits per heavy atom. The minimum absolute atomic E-state index is 0.266. The molecule has 3 heteroatoms. The van der Waals surface area contributed by atoms with Gasteiger partial charge < -0.3 is 5.73 Å². The molecule has 0 bridgehead atoms. The van der Waals surface area contributed by atoms with Gasteiger partial charge in [-0.2, -0.15) is 0 Å². The van der Waals surface area contributed by atoms with Gasteiger partial charge in [0.25, 0.3) is 0 Å². The van der Waals surface area contributed by atoms with Crippen LogP contribution in [0.4, 0.5) is 0 Å². The number of nitrogens with two attached hydrogens (primary N) is 1. The van der Waals surface area contributed by atoms with E-state index in [1.165, 1.54) is 0 Å². The largest absolute Gasteiger partial charge is 0.330 e. The zero-order chi connectivity index (χ0) is 12.0. The van der Waals surface area contributed by atoms with Gasteiger partial charge in [-0.05, 0) is 36.6 Å². The summed E-state index contributed by atoms with van der Waals surface area (Å²) >= 11 is 5.77. The molecule has 0 saturated heterocycles. The maximum Gasteiger partial charge on any atom is 0.137 e. The lowest BCUT2D eigenvalue weighted by molar-refractivity contribution is -0.118. The van der Waals surface area contributed by atoms with Gasteiger partial charge in [0.2, 0.25) is 0 Å². The third kappa shape index (κ3) is 4.77. The van der Waals surface area contributed by atoms with E-state index in [-0.39, 0.29) is 5.78 Å². The quantitative estimate of drug-likeness (QED) is 0.830. The summed E-state index contributed by atoms with van der Waals surface area (Å²) in [6, 6.07) is 7.42. The van der Waals surface area contributed by atoms with Gasteiger partial charge in [-0.1, -0.05) is 30.7 Å². The summed E-state index contributed by atoms with van der Waals surface area (Å²) in [4.78, 5) is 11.6. The van der Waals surface area contributed by atoms with Crippen LogP contribution >= 0.6 is 11.6 Å². The number of hydrogen-bond donors (Lipinski definition) is 1. The molecule has 1 aromatic carbocycles. The number of carbonyl (C=O) groups is 1. The molecule has 1 aromatic rings. The second kappa shape index (κ2) is 6.66. The van der Waals surface area contributed by atoms with Gasteiger partial charge in [-0.3, -0.25) is 4.79 Å². The van der Waals surface area contributed by atoms with E-state index in [2.05, 4.69) is 6.92 Å². The first-order valence-corrected chi connectivity index (χ1v) is 5.96. The standard InChI is InChI=1S/C13H18ClNO/c1-10(9-15)2-7-13(16)8-11-3-5-12(14)6-4-11/h3-6,10H,2,7-9,15H2,1H3. The van der Waals surface area contributed by atoms with Crippen LogP contribution in [0.1, 0.15) is 25.3 Å². The van der Waals surface area contributed by atoms with Crippen molar-refractivity contribution in [3.63, 3.8) is 0 Å². The molecule has 0 aliphatic carbocycles. The van der Waals surface area contributed by atoms with Crippen LogP contribution in [0.15, 0.2) is 24.3 Å². The summed E-state index contributed by atoms with van der Waals surface area (Å²) in [5.74, 6) is 0.691. The highest BCUT2D eigenvalue weighted by atomic mass is 35.5. The molecule has 1 atom stereocenters. The molecule has 0 heterocycles. The van der Waals surface area contributed by atoms with Crippen LogP contribution in [0.5, 0.6) is 0 Å². The van der Waals surface area contributed by atoms with Crippen LogP contribution in [0.25, 0.3) is 0 Å². The SMILES string of the molecule is CC(CN)CCC(=O)Cc1ccc(Cl)cc1.